The molecule has 0 saturated heterocycles. The molecule has 0 unspecified atom stereocenters. The molecule has 7 nitrogen and oxygen atoms in total. The third kappa shape index (κ3) is 4.33. The molecule has 1 N–H and O–H groups in total. The molecule has 31 heavy (non-hydrogen) atoms. The van der Waals surface area contributed by atoms with Crippen LogP contribution in [-0.2, 0) is 22.1 Å². The third-order valence-corrected chi connectivity index (χ3v) is 6.89. The summed E-state index contributed by atoms with van der Waals surface area (Å²) < 4.78 is 35.0. The zero-order valence-electron chi connectivity index (χ0n) is 16.7. The number of ether oxygens (including phenoxy) is 2. The lowest BCUT2D eigenvalue weighted by molar-refractivity contribution is 0.174. The molecule has 3 heterocycles. The van der Waals surface area contributed by atoms with Gasteiger partial charge in [-0.15, -0.1) is 11.3 Å². The van der Waals surface area contributed by atoms with Crippen molar-refractivity contribution in [2.75, 3.05) is 18.4 Å². The van der Waals surface area contributed by atoms with Crippen molar-refractivity contribution >= 4 is 37.2 Å². The smallest absolute Gasteiger partial charge is 0.231 e. The average molecular weight is 454 g/mol. The number of thiophene rings is 1. The molecule has 9 heteroatoms. The number of nitrogens with zero attached hydrogens (tertiary/aromatic N) is 2. The van der Waals surface area contributed by atoms with Crippen LogP contribution in [0.2, 0.25) is 0 Å². The summed E-state index contributed by atoms with van der Waals surface area (Å²) in [6.45, 7) is 0.835. The molecule has 5 rings (SSSR count). The number of fused-ring (bicyclic) bond motifs is 2. The van der Waals surface area contributed by atoms with Gasteiger partial charge in [-0.25, -0.2) is 18.4 Å². The van der Waals surface area contributed by atoms with E-state index in [-0.39, 0.29) is 12.5 Å². The van der Waals surface area contributed by atoms with Crippen LogP contribution in [0.1, 0.15) is 11.1 Å². The quantitative estimate of drug-likeness (QED) is 0.467. The van der Waals surface area contributed by atoms with Crippen molar-refractivity contribution in [2.45, 2.75) is 12.3 Å². The highest BCUT2D eigenvalue weighted by molar-refractivity contribution is 7.89. The molecule has 0 radical (unpaired) electrons. The molecular weight excluding hydrogens is 434 g/mol. The van der Waals surface area contributed by atoms with E-state index in [1.807, 2.05) is 48.5 Å². The molecule has 1 aliphatic heterocycles. The topological polar surface area (TPSA) is 90.4 Å². The Morgan fingerprint density at radius 2 is 1.90 bits per heavy atom. The van der Waals surface area contributed by atoms with Crippen molar-refractivity contribution in [3.8, 4) is 21.9 Å². The number of anilines is 1. The minimum Gasteiger partial charge on any atom is -0.454 e. The van der Waals surface area contributed by atoms with Gasteiger partial charge in [-0.2, -0.15) is 0 Å². The van der Waals surface area contributed by atoms with E-state index in [1.165, 1.54) is 6.26 Å². The Balaban J connectivity index is 1.41. The highest BCUT2D eigenvalue weighted by Crippen LogP contribution is 2.37. The van der Waals surface area contributed by atoms with Crippen LogP contribution in [0, 0.1) is 0 Å². The van der Waals surface area contributed by atoms with E-state index in [4.69, 9.17) is 9.47 Å². The second-order valence-electron chi connectivity index (χ2n) is 7.36. The van der Waals surface area contributed by atoms with Crippen molar-refractivity contribution < 1.29 is 17.9 Å². The number of nitrogens with one attached hydrogen (secondary N) is 1. The summed E-state index contributed by atoms with van der Waals surface area (Å²) in [6, 6.07) is 15.5. The van der Waals surface area contributed by atoms with Crippen molar-refractivity contribution in [3.05, 3.63) is 66.0 Å². The van der Waals surface area contributed by atoms with Gasteiger partial charge in [0.2, 0.25) is 6.79 Å². The summed E-state index contributed by atoms with van der Waals surface area (Å²) in [6.07, 6.45) is 2.79. The highest BCUT2D eigenvalue weighted by atomic mass is 32.2. The number of benzene rings is 2. The van der Waals surface area contributed by atoms with Gasteiger partial charge in [-0.05, 0) is 41.0 Å². The molecule has 2 aromatic heterocycles. The second kappa shape index (κ2) is 7.82. The summed E-state index contributed by atoms with van der Waals surface area (Å²) in [5.74, 6) is 2.29. The molecule has 2 aromatic carbocycles. The molecule has 0 saturated carbocycles. The lowest BCUT2D eigenvalue weighted by Crippen LogP contribution is -2.01. The minimum absolute atomic E-state index is 0.0217. The maximum atomic E-state index is 11.6. The predicted octanol–water partition coefficient (Wildman–Crippen LogP) is 4.24. The predicted molar refractivity (Wildman–Crippen MR) is 121 cm³/mol. The van der Waals surface area contributed by atoms with Crippen molar-refractivity contribution in [1.82, 2.24) is 9.97 Å². The Labute approximate surface area is 183 Å². The van der Waals surface area contributed by atoms with Crippen LogP contribution >= 0.6 is 11.3 Å². The normalized spacial score (nSPS) is 12.9. The Hall–Kier alpha value is -3.17. The van der Waals surface area contributed by atoms with Gasteiger partial charge < -0.3 is 14.8 Å². The lowest BCUT2D eigenvalue weighted by Gasteiger charge is -2.07. The van der Waals surface area contributed by atoms with Gasteiger partial charge in [0.25, 0.3) is 0 Å². The molecule has 1 aliphatic rings. The van der Waals surface area contributed by atoms with Crippen molar-refractivity contribution in [1.29, 1.82) is 0 Å². The average Bonchev–Trinajstić information content (AvgIpc) is 3.38. The number of sulfone groups is 1. The largest absolute Gasteiger partial charge is 0.454 e. The van der Waals surface area contributed by atoms with E-state index in [1.54, 1.807) is 17.7 Å². The lowest BCUT2D eigenvalue weighted by atomic mass is 10.1. The fourth-order valence-electron chi connectivity index (χ4n) is 3.48. The second-order valence-corrected chi connectivity index (χ2v) is 10.6. The fourth-order valence-corrected chi connectivity index (χ4v) is 5.33. The van der Waals surface area contributed by atoms with Crippen LogP contribution in [0.5, 0.6) is 11.5 Å². The minimum atomic E-state index is -3.09. The van der Waals surface area contributed by atoms with E-state index in [0.717, 1.165) is 49.1 Å². The van der Waals surface area contributed by atoms with E-state index in [0.29, 0.717) is 6.54 Å². The molecule has 0 amide bonds. The van der Waals surface area contributed by atoms with Gasteiger partial charge in [0.15, 0.2) is 21.3 Å². The Morgan fingerprint density at radius 3 is 2.77 bits per heavy atom. The molecule has 0 fully saturated rings. The van der Waals surface area contributed by atoms with E-state index in [9.17, 15) is 8.42 Å². The van der Waals surface area contributed by atoms with Crippen LogP contribution in [0.4, 0.5) is 5.82 Å². The first-order valence-corrected chi connectivity index (χ1v) is 12.5. The molecule has 0 bridgehead atoms. The van der Waals surface area contributed by atoms with E-state index in [2.05, 4.69) is 15.3 Å². The number of rotatable bonds is 6. The van der Waals surface area contributed by atoms with Gasteiger partial charge in [-0.1, -0.05) is 24.3 Å². The Morgan fingerprint density at radius 1 is 1.03 bits per heavy atom. The summed E-state index contributed by atoms with van der Waals surface area (Å²) in [4.78, 5) is 9.83. The molecule has 4 aromatic rings. The number of aromatic nitrogens is 2. The summed E-state index contributed by atoms with van der Waals surface area (Å²) >= 11 is 1.58. The summed E-state index contributed by atoms with van der Waals surface area (Å²) in [5, 5.41) is 3.39. The summed E-state index contributed by atoms with van der Waals surface area (Å²) in [7, 11) is -3.09. The van der Waals surface area contributed by atoms with Crippen LogP contribution in [0.15, 0.2) is 54.9 Å². The van der Waals surface area contributed by atoms with E-state index < -0.39 is 9.84 Å². The van der Waals surface area contributed by atoms with Crippen LogP contribution in [0.25, 0.3) is 20.7 Å². The van der Waals surface area contributed by atoms with Gasteiger partial charge >= 0.3 is 0 Å². The van der Waals surface area contributed by atoms with Crippen molar-refractivity contribution in [2.24, 2.45) is 0 Å². The van der Waals surface area contributed by atoms with Gasteiger partial charge in [0, 0.05) is 17.7 Å². The van der Waals surface area contributed by atoms with Crippen LogP contribution in [-0.4, -0.2) is 31.4 Å². The van der Waals surface area contributed by atoms with E-state index >= 15 is 0 Å². The van der Waals surface area contributed by atoms with Gasteiger partial charge in [0.1, 0.15) is 12.1 Å². The monoisotopic (exact) mass is 453 g/mol. The number of hydrogen-bond acceptors (Lipinski definition) is 8. The standard InChI is InChI=1S/C22H19N3O4S2/c1-31(26,27)11-15-3-2-4-16(7-15)20-9-17-21(30-20)22(25-12-24-17)23-10-14-5-6-18-19(8-14)29-13-28-18/h2-9,12H,10-11,13H2,1H3,(H,23,24,25). The summed E-state index contributed by atoms with van der Waals surface area (Å²) in [5.41, 5.74) is 3.63. The molecule has 0 spiro atoms. The third-order valence-electron chi connectivity index (χ3n) is 4.85. The van der Waals surface area contributed by atoms with Crippen LogP contribution in [0.3, 0.4) is 0 Å². The molecular formula is C22H19N3O4S2. The molecule has 158 valence electrons. The molecule has 0 aliphatic carbocycles. The SMILES string of the molecule is CS(=O)(=O)Cc1cccc(-c2cc3ncnc(NCc4ccc5c(c4)OCO5)c3s2)c1. The number of hydrogen-bond donors (Lipinski definition) is 1. The zero-order chi connectivity index (χ0) is 21.4. The fraction of sp³-hybridized carbons (Fsp3) is 0.182. The maximum absolute atomic E-state index is 11.6. The van der Waals surface area contributed by atoms with Crippen molar-refractivity contribution in [3.63, 3.8) is 0 Å². The highest BCUT2D eigenvalue weighted by Gasteiger charge is 2.15. The first-order chi connectivity index (χ1) is 14.9. The maximum Gasteiger partial charge on any atom is 0.231 e. The van der Waals surface area contributed by atoms with Gasteiger partial charge in [-0.3, -0.25) is 0 Å². The first-order valence-electron chi connectivity index (χ1n) is 9.59. The first kappa shape index (κ1) is 19.8. The molecule has 0 atom stereocenters. The van der Waals surface area contributed by atoms with Crippen LogP contribution < -0.4 is 14.8 Å². The Bertz CT molecular complexity index is 1380. The Kier molecular flexibility index (Phi) is 4.99. The zero-order valence-corrected chi connectivity index (χ0v) is 18.3. The van der Waals surface area contributed by atoms with Gasteiger partial charge in [0.05, 0.1) is 16.0 Å².